The second-order valence-corrected chi connectivity index (χ2v) is 30.3. The lowest BCUT2D eigenvalue weighted by atomic mass is 9.87. The first-order chi connectivity index (χ1) is 47.2. The third kappa shape index (κ3) is 13.2. The quantitative estimate of drug-likeness (QED) is 0.156. The molecule has 0 saturated carbocycles. The van der Waals surface area contributed by atoms with E-state index in [0.29, 0.717) is 5.92 Å². The molecule has 8 aromatic heterocycles. The van der Waals surface area contributed by atoms with E-state index < -0.39 is 0 Å². The number of benzene rings is 4. The Hall–Kier alpha value is -9.92. The Bertz CT molecular complexity index is 5250. The van der Waals surface area contributed by atoms with Crippen LogP contribution in [0.1, 0.15) is 158 Å². The topological polar surface area (TPSA) is 67.1 Å². The van der Waals surface area contributed by atoms with Crippen LogP contribution in [0.25, 0.3) is 89.5 Å². The summed E-state index contributed by atoms with van der Waals surface area (Å²) >= 11 is 0. The van der Waals surface area contributed by atoms with Crippen LogP contribution in [0.5, 0.6) is 0 Å². The molecular formula is C91H98N8+4. The second kappa shape index (κ2) is 26.7. The van der Waals surface area contributed by atoms with Crippen LogP contribution in [0, 0.1) is 81.6 Å². The number of hydrogen-bond acceptors (Lipinski definition) is 4. The number of hydrogen-bond donors (Lipinski definition) is 0. The summed E-state index contributed by atoms with van der Waals surface area (Å²) in [6.45, 7) is 35.2. The predicted molar refractivity (Wildman–Crippen MR) is 406 cm³/mol. The van der Waals surface area contributed by atoms with E-state index >= 15 is 0 Å². The summed E-state index contributed by atoms with van der Waals surface area (Å²) in [4.78, 5) is 19.0. The molecule has 8 heteroatoms. The highest BCUT2D eigenvalue weighted by atomic mass is 14.9. The summed E-state index contributed by atoms with van der Waals surface area (Å²) in [5.74, 6) is 0.533. The molecule has 16 rings (SSSR count). The highest BCUT2D eigenvalue weighted by Gasteiger charge is 2.30. The van der Waals surface area contributed by atoms with Crippen LogP contribution in [0.4, 0.5) is 0 Å². The Morgan fingerprint density at radius 2 is 0.646 bits per heavy atom. The molecule has 0 radical (unpaired) electrons. The first-order valence-electron chi connectivity index (χ1n) is 35.5. The van der Waals surface area contributed by atoms with E-state index in [-0.39, 0.29) is 5.41 Å². The van der Waals surface area contributed by atoms with Gasteiger partial charge in [-0.15, -0.1) is 0 Å². The average molecular weight is 1300 g/mol. The van der Waals surface area contributed by atoms with Crippen molar-refractivity contribution in [3.63, 3.8) is 0 Å². The van der Waals surface area contributed by atoms with Gasteiger partial charge in [-0.3, -0.25) is 19.9 Å². The first kappa shape index (κ1) is 67.6. The van der Waals surface area contributed by atoms with Crippen molar-refractivity contribution in [1.29, 1.82) is 0 Å². The first-order valence-corrected chi connectivity index (χ1v) is 35.5. The predicted octanol–water partition coefficient (Wildman–Crippen LogP) is 18.7. The fourth-order valence-corrected chi connectivity index (χ4v) is 15.6. The second-order valence-electron chi connectivity index (χ2n) is 30.3. The van der Waals surface area contributed by atoms with E-state index in [2.05, 4.69) is 322 Å². The minimum atomic E-state index is 0.287. The molecule has 498 valence electrons. The maximum atomic E-state index is 4.78. The lowest BCUT2D eigenvalue weighted by Crippen LogP contribution is -2.31. The van der Waals surface area contributed by atoms with Gasteiger partial charge in [0.15, 0.2) is 24.8 Å². The van der Waals surface area contributed by atoms with Crippen molar-refractivity contribution in [3.05, 3.63) is 282 Å². The van der Waals surface area contributed by atoms with Gasteiger partial charge in [-0.2, -0.15) is 0 Å². The zero-order chi connectivity index (χ0) is 70.2. The molecule has 0 N–H and O–H groups in total. The number of fused-ring (bicyclic) bond motifs is 12. The maximum absolute atomic E-state index is 4.78. The third-order valence-corrected chi connectivity index (χ3v) is 21.3. The molecule has 8 heterocycles. The molecular weight excluding hydrogens is 1210 g/mol. The molecule has 0 saturated heterocycles. The Balaban J connectivity index is 0.000000119. The van der Waals surface area contributed by atoms with Crippen molar-refractivity contribution >= 4 is 0 Å². The van der Waals surface area contributed by atoms with E-state index in [9.17, 15) is 0 Å². The van der Waals surface area contributed by atoms with Crippen LogP contribution in [-0.2, 0) is 60.3 Å². The summed E-state index contributed by atoms with van der Waals surface area (Å²) in [5, 5.41) is 0. The molecule has 4 aromatic carbocycles. The molecule has 4 aliphatic rings. The molecule has 0 spiro atoms. The zero-order valence-corrected chi connectivity index (χ0v) is 62.3. The standard InChI is InChI=1S/C25H29N2.C23H25N2.C22H23N2.C21H21N2/c1-16-7-8-21-20-10-9-19(17(2)22(20)14-23(21)26-16)24-13-18(11-12-27(24)6)15-25(3,4)5;1-14(2)17-10-11-25(5)23(12-17)18-8-9-19-20-7-6-15(3)24-22(20)13-21(19)16(18)4;1-13-10-22(24(5)12-14(13)2)17-8-9-18-19-7-6-15(3)23-21(19)11-20(18)16(17)4;1-13-9-10-23(4)21(11-13)16-7-8-17-18-6-5-14(2)22-20(18)12-19(17)15(16)3/h7-13H,14-15H2,1-6H3;6-12,14H,13H2,1-5H3;6-10,12H,11H2,1-5H3;5-11H,12H2,1-4H3/q4*+1. The molecule has 99 heavy (non-hydrogen) atoms. The molecule has 4 aliphatic carbocycles. The lowest BCUT2D eigenvalue weighted by Gasteiger charge is -2.18. The highest BCUT2D eigenvalue weighted by molar-refractivity contribution is 5.85. The number of aryl methyl sites for hydroxylation is 11. The summed E-state index contributed by atoms with van der Waals surface area (Å²) in [5.41, 5.74) is 48.5. The number of pyridine rings is 8. The Morgan fingerprint density at radius 1 is 0.333 bits per heavy atom. The smallest absolute Gasteiger partial charge is 0.212 e. The van der Waals surface area contributed by atoms with Crippen molar-refractivity contribution in [2.45, 2.75) is 149 Å². The van der Waals surface area contributed by atoms with Gasteiger partial charge >= 0.3 is 0 Å². The van der Waals surface area contributed by atoms with Gasteiger partial charge in [0.2, 0.25) is 22.8 Å². The Kier molecular flexibility index (Phi) is 18.3. The van der Waals surface area contributed by atoms with Gasteiger partial charge < -0.3 is 0 Å². The molecule has 12 aromatic rings. The van der Waals surface area contributed by atoms with E-state index in [0.717, 1.165) is 54.9 Å². The summed E-state index contributed by atoms with van der Waals surface area (Å²) < 4.78 is 8.91. The summed E-state index contributed by atoms with van der Waals surface area (Å²) in [6.07, 6.45) is 13.6. The third-order valence-electron chi connectivity index (χ3n) is 21.3. The van der Waals surface area contributed by atoms with Crippen molar-refractivity contribution in [3.8, 4) is 89.5 Å². The highest BCUT2D eigenvalue weighted by Crippen LogP contribution is 2.45. The SMILES string of the molecule is Cc1cc[n+](C)c(-c2ccc3c(c2C)Cc2nc(C)ccc2-3)c1.Cc1ccc2c(n1)Cc1c-2ccc(-c2cc(C(C)C)cc[n+]2C)c1C.Cc1ccc2c(n1)Cc1c-2ccc(-c2cc(C)c(C)c[n+]2C)c1C.Cc1ccc2c(n1)Cc1c-2ccc(-c2cc(CC(C)(C)C)cc[n+]2C)c1C. The Morgan fingerprint density at radius 3 is 1.01 bits per heavy atom. The van der Waals surface area contributed by atoms with Crippen molar-refractivity contribution in [1.82, 2.24) is 19.9 Å². The van der Waals surface area contributed by atoms with E-state index in [1.807, 2.05) is 0 Å². The van der Waals surface area contributed by atoms with Gasteiger partial charge in [-0.25, -0.2) is 18.3 Å². The van der Waals surface area contributed by atoms with Crippen LogP contribution in [0.15, 0.2) is 164 Å². The van der Waals surface area contributed by atoms with Crippen LogP contribution in [-0.4, -0.2) is 19.9 Å². The minimum Gasteiger partial charge on any atom is -0.257 e. The van der Waals surface area contributed by atoms with Gasteiger partial charge in [0.25, 0.3) is 0 Å². The van der Waals surface area contributed by atoms with E-state index in [1.54, 1.807) is 0 Å². The average Bonchev–Trinajstić information content (AvgIpc) is 1.66. The maximum Gasteiger partial charge on any atom is 0.212 e. The zero-order valence-electron chi connectivity index (χ0n) is 62.3. The fraction of sp³-hybridized carbons (Fsp3) is 0.297. The number of aromatic nitrogens is 8. The van der Waals surface area contributed by atoms with Gasteiger partial charge in [0.1, 0.15) is 28.2 Å². The van der Waals surface area contributed by atoms with Crippen LogP contribution < -0.4 is 18.3 Å². The van der Waals surface area contributed by atoms with Crippen molar-refractivity contribution in [2.24, 2.45) is 33.6 Å². The molecule has 0 unspecified atom stereocenters. The number of nitrogens with zero attached hydrogens (tertiary/aromatic N) is 8. The van der Waals surface area contributed by atoms with E-state index in [1.165, 1.54) is 185 Å². The molecule has 8 nitrogen and oxygen atoms in total. The van der Waals surface area contributed by atoms with Crippen LogP contribution in [0.2, 0.25) is 0 Å². The summed E-state index contributed by atoms with van der Waals surface area (Å²) in [7, 11) is 8.52. The molecule has 0 amide bonds. The van der Waals surface area contributed by atoms with Gasteiger partial charge in [-0.1, -0.05) is 83.1 Å². The van der Waals surface area contributed by atoms with Crippen molar-refractivity contribution < 1.29 is 18.3 Å². The number of rotatable bonds is 6. The Labute approximate surface area is 589 Å². The van der Waals surface area contributed by atoms with E-state index in [4.69, 9.17) is 19.9 Å². The van der Waals surface area contributed by atoms with Gasteiger partial charge in [-0.05, 0) is 231 Å². The normalized spacial score (nSPS) is 12.4. The minimum absolute atomic E-state index is 0.287. The molecule has 0 aliphatic heterocycles. The monoisotopic (exact) mass is 1300 g/mol. The van der Waals surface area contributed by atoms with Gasteiger partial charge in [0, 0.05) is 141 Å². The van der Waals surface area contributed by atoms with Crippen LogP contribution in [0.3, 0.4) is 0 Å². The fourth-order valence-electron chi connectivity index (χ4n) is 15.6. The molecule has 0 fully saturated rings. The largest absolute Gasteiger partial charge is 0.257 e. The lowest BCUT2D eigenvalue weighted by molar-refractivity contribution is -0.660. The van der Waals surface area contributed by atoms with Crippen molar-refractivity contribution in [2.75, 3.05) is 0 Å². The van der Waals surface area contributed by atoms with Gasteiger partial charge in [0.05, 0.1) is 22.8 Å². The molecule has 0 atom stereocenters. The summed E-state index contributed by atoms with van der Waals surface area (Å²) in [6, 6.07) is 51.4. The van der Waals surface area contributed by atoms with Crippen LogP contribution >= 0.6 is 0 Å². The molecule has 0 bridgehead atoms.